The summed E-state index contributed by atoms with van der Waals surface area (Å²) in [6.45, 7) is 2.02. The van der Waals surface area contributed by atoms with Gasteiger partial charge in [0, 0.05) is 16.3 Å². The molecule has 0 radical (unpaired) electrons. The van der Waals surface area contributed by atoms with E-state index in [1.54, 1.807) is 0 Å². The zero-order valence-electron chi connectivity index (χ0n) is 7.97. The van der Waals surface area contributed by atoms with Gasteiger partial charge in [-0.25, -0.2) is 4.98 Å². The van der Waals surface area contributed by atoms with Crippen LogP contribution in [-0.2, 0) is 6.42 Å². The molecular formula is C10H8BrClN2S. The highest BCUT2D eigenvalue weighted by Gasteiger charge is 2.05. The molecule has 78 valence electrons. The van der Waals surface area contributed by atoms with Crippen molar-refractivity contribution in [1.82, 2.24) is 9.97 Å². The highest BCUT2D eigenvalue weighted by atomic mass is 79.9. The third kappa shape index (κ3) is 2.07. The number of hydrogen-bond donors (Lipinski definition) is 1. The summed E-state index contributed by atoms with van der Waals surface area (Å²) in [4.78, 5) is 7.46. The van der Waals surface area contributed by atoms with Gasteiger partial charge in [0.1, 0.15) is 10.5 Å². The molecular weight excluding hydrogens is 296 g/mol. The largest absolute Gasteiger partial charge is 0.342 e. The van der Waals surface area contributed by atoms with Gasteiger partial charge in [-0.1, -0.05) is 46.7 Å². The summed E-state index contributed by atoms with van der Waals surface area (Å²) in [6.07, 6.45) is 0.811. The first kappa shape index (κ1) is 11.0. The Morgan fingerprint density at radius 1 is 1.53 bits per heavy atom. The first-order chi connectivity index (χ1) is 7.11. The van der Waals surface area contributed by atoms with Gasteiger partial charge in [-0.15, -0.1) is 0 Å². The molecule has 0 bridgehead atoms. The molecule has 0 amide bonds. The van der Waals surface area contributed by atoms with Crippen LogP contribution in [0.15, 0.2) is 16.6 Å². The van der Waals surface area contributed by atoms with Crippen LogP contribution < -0.4 is 0 Å². The van der Waals surface area contributed by atoms with Gasteiger partial charge in [0.05, 0.1) is 10.5 Å². The molecule has 0 saturated carbocycles. The fourth-order valence-electron chi connectivity index (χ4n) is 1.39. The van der Waals surface area contributed by atoms with Crippen LogP contribution in [0.3, 0.4) is 0 Å². The van der Waals surface area contributed by atoms with Crippen LogP contribution in [0.5, 0.6) is 0 Å². The van der Waals surface area contributed by atoms with Crippen molar-refractivity contribution in [3.05, 3.63) is 32.1 Å². The number of aromatic amines is 1. The summed E-state index contributed by atoms with van der Waals surface area (Å²) in [6, 6.07) is 3.76. The lowest BCUT2D eigenvalue weighted by atomic mass is 10.2. The average Bonchev–Trinajstić information content (AvgIpc) is 2.19. The second-order valence-corrected chi connectivity index (χ2v) is 4.86. The Bertz CT molecular complexity index is 579. The van der Waals surface area contributed by atoms with Gasteiger partial charge in [-0.2, -0.15) is 0 Å². The van der Waals surface area contributed by atoms with E-state index in [4.69, 9.17) is 23.8 Å². The number of fused-ring (bicyclic) bond motifs is 1. The summed E-state index contributed by atoms with van der Waals surface area (Å²) in [5.41, 5.74) is 0.858. The molecule has 1 aromatic carbocycles. The molecule has 0 atom stereocenters. The maximum atomic E-state index is 6.13. The summed E-state index contributed by atoms with van der Waals surface area (Å²) in [5, 5.41) is 1.53. The zero-order valence-corrected chi connectivity index (χ0v) is 11.1. The Balaban J connectivity index is 2.91. The molecule has 0 fully saturated rings. The van der Waals surface area contributed by atoms with E-state index in [2.05, 4.69) is 25.9 Å². The number of H-pyrrole nitrogens is 1. The fourth-order valence-corrected chi connectivity index (χ4v) is 2.52. The van der Waals surface area contributed by atoms with Crippen molar-refractivity contribution in [2.45, 2.75) is 13.3 Å². The average molecular weight is 304 g/mol. The van der Waals surface area contributed by atoms with E-state index >= 15 is 0 Å². The number of nitrogens with one attached hydrogen (secondary N) is 1. The van der Waals surface area contributed by atoms with Crippen LogP contribution in [0.25, 0.3) is 10.9 Å². The fraction of sp³-hybridized carbons (Fsp3) is 0.200. The number of rotatable bonds is 1. The monoisotopic (exact) mass is 302 g/mol. The van der Waals surface area contributed by atoms with Gasteiger partial charge in [-0.3, -0.25) is 0 Å². The highest BCUT2D eigenvalue weighted by molar-refractivity contribution is 9.10. The predicted octanol–water partition coefficient (Wildman–Crippen LogP) is 4.27. The maximum absolute atomic E-state index is 6.13. The van der Waals surface area contributed by atoms with Gasteiger partial charge >= 0.3 is 0 Å². The van der Waals surface area contributed by atoms with E-state index in [1.165, 1.54) is 0 Å². The Kier molecular flexibility index (Phi) is 3.09. The van der Waals surface area contributed by atoms with Gasteiger partial charge in [0.25, 0.3) is 0 Å². The Morgan fingerprint density at radius 3 is 2.93 bits per heavy atom. The van der Waals surface area contributed by atoms with E-state index in [0.29, 0.717) is 9.66 Å². The second-order valence-electron chi connectivity index (χ2n) is 3.15. The van der Waals surface area contributed by atoms with Crippen molar-refractivity contribution in [1.29, 1.82) is 0 Å². The van der Waals surface area contributed by atoms with Crippen LogP contribution in [0, 0.1) is 4.64 Å². The molecule has 1 N–H and O–H groups in total. The molecule has 0 unspecified atom stereocenters. The zero-order chi connectivity index (χ0) is 11.0. The molecule has 2 aromatic rings. The standard InChI is InChI=1S/C10H8BrClN2S/c1-2-8-13-9-6(10(15)14-8)3-5(11)4-7(9)12/h3-4H,2H2,1H3,(H,13,14,15). The lowest BCUT2D eigenvalue weighted by molar-refractivity contribution is 0.955. The number of halogens is 2. The van der Waals surface area contributed by atoms with E-state index < -0.39 is 0 Å². The lowest BCUT2D eigenvalue weighted by Gasteiger charge is -2.04. The Labute approximate surface area is 106 Å². The SMILES string of the molecule is CCc1nc(=S)c2cc(Br)cc(Cl)c2[nH]1. The molecule has 15 heavy (non-hydrogen) atoms. The third-order valence-corrected chi connectivity index (χ3v) is 3.19. The van der Waals surface area contributed by atoms with Crippen LogP contribution in [0.4, 0.5) is 0 Å². The number of aryl methyl sites for hydroxylation is 1. The van der Waals surface area contributed by atoms with Crippen molar-refractivity contribution >= 4 is 50.7 Å². The first-order valence-electron chi connectivity index (χ1n) is 4.49. The van der Waals surface area contributed by atoms with Crippen molar-refractivity contribution < 1.29 is 0 Å². The summed E-state index contributed by atoms with van der Waals surface area (Å²) >= 11 is 14.7. The van der Waals surface area contributed by atoms with Gasteiger partial charge in [0.15, 0.2) is 0 Å². The minimum absolute atomic E-state index is 0.587. The first-order valence-corrected chi connectivity index (χ1v) is 6.07. The molecule has 1 heterocycles. The minimum atomic E-state index is 0.587. The van der Waals surface area contributed by atoms with E-state index in [-0.39, 0.29) is 0 Å². The topological polar surface area (TPSA) is 28.7 Å². The molecule has 0 spiro atoms. The van der Waals surface area contributed by atoms with Crippen LogP contribution in [0.1, 0.15) is 12.7 Å². The number of benzene rings is 1. The van der Waals surface area contributed by atoms with Crippen LogP contribution >= 0.6 is 39.7 Å². The second kappa shape index (κ2) is 4.20. The van der Waals surface area contributed by atoms with Crippen molar-refractivity contribution in [2.75, 3.05) is 0 Å². The van der Waals surface area contributed by atoms with E-state index in [9.17, 15) is 0 Å². The summed E-state index contributed by atoms with van der Waals surface area (Å²) in [5.74, 6) is 0.858. The molecule has 5 heteroatoms. The van der Waals surface area contributed by atoms with E-state index in [0.717, 1.165) is 27.6 Å². The molecule has 1 aromatic heterocycles. The molecule has 2 rings (SSSR count). The molecule has 2 nitrogen and oxygen atoms in total. The molecule has 0 saturated heterocycles. The van der Waals surface area contributed by atoms with Crippen LogP contribution in [0.2, 0.25) is 5.02 Å². The normalized spacial score (nSPS) is 10.9. The number of hydrogen-bond acceptors (Lipinski definition) is 2. The Hall–Kier alpha value is -0.450. The third-order valence-electron chi connectivity index (χ3n) is 2.13. The summed E-state index contributed by atoms with van der Waals surface area (Å²) in [7, 11) is 0. The minimum Gasteiger partial charge on any atom is -0.342 e. The van der Waals surface area contributed by atoms with Gasteiger partial charge in [0.2, 0.25) is 0 Å². The Morgan fingerprint density at radius 2 is 2.27 bits per heavy atom. The predicted molar refractivity (Wildman–Crippen MR) is 69.0 cm³/mol. The molecule has 0 aliphatic carbocycles. The van der Waals surface area contributed by atoms with Gasteiger partial charge < -0.3 is 4.98 Å². The van der Waals surface area contributed by atoms with Crippen LogP contribution in [-0.4, -0.2) is 9.97 Å². The van der Waals surface area contributed by atoms with Gasteiger partial charge in [-0.05, 0) is 12.1 Å². The quantitative estimate of drug-likeness (QED) is 0.797. The molecule has 0 aliphatic rings. The smallest absolute Gasteiger partial charge is 0.137 e. The van der Waals surface area contributed by atoms with Crippen molar-refractivity contribution in [3.8, 4) is 0 Å². The highest BCUT2D eigenvalue weighted by Crippen LogP contribution is 2.27. The molecule has 0 aliphatic heterocycles. The van der Waals surface area contributed by atoms with Crippen molar-refractivity contribution in [2.24, 2.45) is 0 Å². The number of aromatic nitrogens is 2. The number of nitrogens with zero attached hydrogens (tertiary/aromatic N) is 1. The lowest BCUT2D eigenvalue weighted by Crippen LogP contribution is -1.94. The van der Waals surface area contributed by atoms with Crippen molar-refractivity contribution in [3.63, 3.8) is 0 Å². The maximum Gasteiger partial charge on any atom is 0.137 e. The summed E-state index contributed by atoms with van der Waals surface area (Å²) < 4.78 is 1.49. The van der Waals surface area contributed by atoms with E-state index in [1.807, 2.05) is 19.1 Å².